The minimum Gasteiger partial charge on any atom is -0.389 e. The molecular formula is C15H20F2N2S. The van der Waals surface area contributed by atoms with Crippen LogP contribution in [0.25, 0.3) is 0 Å². The molecule has 0 atom stereocenters. The van der Waals surface area contributed by atoms with E-state index in [1.165, 1.54) is 31.4 Å². The Kier molecular flexibility index (Phi) is 4.58. The van der Waals surface area contributed by atoms with E-state index in [-0.39, 0.29) is 21.7 Å². The van der Waals surface area contributed by atoms with Gasteiger partial charge in [0.1, 0.15) is 4.99 Å². The molecule has 1 aromatic carbocycles. The second-order valence-corrected chi connectivity index (χ2v) is 6.32. The molecule has 2 nitrogen and oxygen atoms in total. The van der Waals surface area contributed by atoms with Crippen LogP contribution in [-0.4, -0.2) is 11.5 Å². The summed E-state index contributed by atoms with van der Waals surface area (Å²) in [6.07, 6.45) is 5.91. The Labute approximate surface area is 123 Å². The molecule has 0 aromatic heterocycles. The molecule has 1 aromatic rings. The minimum atomic E-state index is -0.976. The lowest BCUT2D eigenvalue weighted by Crippen LogP contribution is -2.29. The summed E-state index contributed by atoms with van der Waals surface area (Å²) in [5, 5.41) is 3.03. The lowest BCUT2D eigenvalue weighted by atomic mass is 9.76. The molecule has 110 valence electrons. The topological polar surface area (TPSA) is 38.0 Å². The largest absolute Gasteiger partial charge is 0.389 e. The number of nitrogens with one attached hydrogen (secondary N) is 1. The Morgan fingerprint density at radius 1 is 1.25 bits per heavy atom. The summed E-state index contributed by atoms with van der Waals surface area (Å²) in [4.78, 5) is -0.132. The van der Waals surface area contributed by atoms with Crippen LogP contribution in [0, 0.1) is 17.0 Å². The summed E-state index contributed by atoms with van der Waals surface area (Å²) in [7, 11) is 0. The molecule has 2 rings (SSSR count). The van der Waals surface area contributed by atoms with Crippen LogP contribution in [0.1, 0.15) is 44.6 Å². The Morgan fingerprint density at radius 3 is 2.50 bits per heavy atom. The maximum atomic E-state index is 13.9. The van der Waals surface area contributed by atoms with Crippen LogP contribution in [0.5, 0.6) is 0 Å². The molecule has 0 saturated heterocycles. The number of thiocarbonyl (C=S) groups is 1. The molecule has 0 unspecified atom stereocenters. The van der Waals surface area contributed by atoms with E-state index in [9.17, 15) is 8.78 Å². The maximum absolute atomic E-state index is 13.9. The fourth-order valence-corrected chi connectivity index (χ4v) is 2.92. The number of benzene rings is 1. The van der Waals surface area contributed by atoms with Gasteiger partial charge in [-0.05, 0) is 30.4 Å². The summed E-state index contributed by atoms with van der Waals surface area (Å²) in [5.74, 6) is -1.88. The third-order valence-corrected chi connectivity index (χ3v) is 4.33. The zero-order valence-electron chi connectivity index (χ0n) is 11.6. The lowest BCUT2D eigenvalue weighted by molar-refractivity contribution is 0.233. The molecule has 3 N–H and O–H groups in total. The highest BCUT2D eigenvalue weighted by atomic mass is 32.1. The molecule has 5 heteroatoms. The zero-order valence-corrected chi connectivity index (χ0v) is 12.5. The number of halogens is 2. The molecule has 0 amide bonds. The van der Waals surface area contributed by atoms with Crippen molar-refractivity contribution < 1.29 is 8.78 Å². The molecule has 0 spiro atoms. The average molecular weight is 298 g/mol. The van der Waals surface area contributed by atoms with Crippen LogP contribution in [0.15, 0.2) is 12.1 Å². The van der Waals surface area contributed by atoms with Gasteiger partial charge in [-0.25, -0.2) is 8.78 Å². The van der Waals surface area contributed by atoms with Gasteiger partial charge in [0.05, 0.1) is 5.69 Å². The Balaban J connectivity index is 2.10. The monoisotopic (exact) mass is 298 g/mol. The minimum absolute atomic E-state index is 0.0491. The summed E-state index contributed by atoms with van der Waals surface area (Å²) in [6, 6.07) is 2.92. The van der Waals surface area contributed by atoms with Gasteiger partial charge >= 0.3 is 0 Å². The fourth-order valence-electron chi connectivity index (χ4n) is 2.77. The van der Waals surface area contributed by atoms with Crippen LogP contribution in [0.2, 0.25) is 0 Å². The van der Waals surface area contributed by atoms with E-state index in [2.05, 4.69) is 24.5 Å². The quantitative estimate of drug-likeness (QED) is 0.826. The summed E-state index contributed by atoms with van der Waals surface area (Å²) < 4.78 is 27.7. The van der Waals surface area contributed by atoms with Gasteiger partial charge in [0, 0.05) is 12.1 Å². The molecule has 1 fully saturated rings. The molecule has 0 aliphatic heterocycles. The first-order valence-corrected chi connectivity index (χ1v) is 7.35. The van der Waals surface area contributed by atoms with Gasteiger partial charge in [0.15, 0.2) is 11.6 Å². The highest BCUT2D eigenvalue weighted by molar-refractivity contribution is 7.80. The molecule has 1 saturated carbocycles. The Morgan fingerprint density at radius 2 is 1.90 bits per heavy atom. The van der Waals surface area contributed by atoms with Crippen molar-refractivity contribution >= 4 is 22.9 Å². The zero-order chi connectivity index (χ0) is 14.8. The van der Waals surface area contributed by atoms with E-state index in [0.29, 0.717) is 6.54 Å². The van der Waals surface area contributed by atoms with Gasteiger partial charge in [-0.1, -0.05) is 38.4 Å². The van der Waals surface area contributed by atoms with Crippen molar-refractivity contribution in [2.24, 2.45) is 11.1 Å². The predicted molar refractivity (Wildman–Crippen MR) is 81.9 cm³/mol. The number of anilines is 1. The first-order chi connectivity index (χ1) is 9.43. The van der Waals surface area contributed by atoms with Crippen LogP contribution in [-0.2, 0) is 0 Å². The highest BCUT2D eigenvalue weighted by Crippen LogP contribution is 2.36. The maximum Gasteiger partial charge on any atom is 0.182 e. The summed E-state index contributed by atoms with van der Waals surface area (Å²) in [6.45, 7) is 2.84. The second-order valence-electron chi connectivity index (χ2n) is 5.88. The third kappa shape index (κ3) is 3.26. The van der Waals surface area contributed by atoms with E-state index < -0.39 is 11.6 Å². The Bertz CT molecular complexity index is 511. The van der Waals surface area contributed by atoms with Crippen molar-refractivity contribution in [1.82, 2.24) is 0 Å². The van der Waals surface area contributed by atoms with E-state index in [1.807, 2.05) is 0 Å². The third-order valence-electron chi connectivity index (χ3n) is 4.11. The number of rotatable bonds is 4. The summed E-state index contributed by atoms with van der Waals surface area (Å²) >= 11 is 4.69. The van der Waals surface area contributed by atoms with Crippen LogP contribution >= 0.6 is 12.2 Å². The van der Waals surface area contributed by atoms with Crippen molar-refractivity contribution in [2.75, 3.05) is 11.9 Å². The number of hydrogen-bond acceptors (Lipinski definition) is 2. The van der Waals surface area contributed by atoms with Crippen LogP contribution < -0.4 is 11.1 Å². The first kappa shape index (κ1) is 15.2. The van der Waals surface area contributed by atoms with Gasteiger partial charge < -0.3 is 11.1 Å². The van der Waals surface area contributed by atoms with Gasteiger partial charge in [-0.15, -0.1) is 0 Å². The molecule has 1 aliphatic carbocycles. The normalized spacial score (nSPS) is 17.8. The van der Waals surface area contributed by atoms with Crippen molar-refractivity contribution in [3.8, 4) is 0 Å². The van der Waals surface area contributed by atoms with Crippen molar-refractivity contribution in [3.05, 3.63) is 29.3 Å². The fraction of sp³-hybridized carbons (Fsp3) is 0.533. The average Bonchev–Trinajstić information content (AvgIpc) is 2.41. The molecule has 0 heterocycles. The van der Waals surface area contributed by atoms with Gasteiger partial charge in [0.25, 0.3) is 0 Å². The van der Waals surface area contributed by atoms with E-state index in [1.54, 1.807) is 0 Å². The smallest absolute Gasteiger partial charge is 0.182 e. The SMILES string of the molecule is CC1(CNc2ccc(C(N)=S)c(F)c2F)CCCCC1. The lowest BCUT2D eigenvalue weighted by Gasteiger charge is -2.34. The standard InChI is InChI=1S/C15H20F2N2S/c1-15(7-3-2-4-8-15)9-19-11-6-5-10(14(18)20)12(16)13(11)17/h5-6,19H,2-4,7-9H2,1H3,(H2,18,20). The molecule has 0 bridgehead atoms. The highest BCUT2D eigenvalue weighted by Gasteiger charge is 2.27. The van der Waals surface area contributed by atoms with Gasteiger partial charge in [0.2, 0.25) is 0 Å². The second kappa shape index (κ2) is 6.04. The summed E-state index contributed by atoms with van der Waals surface area (Å²) in [5.41, 5.74) is 5.63. The van der Waals surface area contributed by atoms with E-state index in [0.717, 1.165) is 12.8 Å². The molecule has 1 aliphatic rings. The number of nitrogens with two attached hydrogens (primary N) is 1. The first-order valence-electron chi connectivity index (χ1n) is 6.95. The van der Waals surface area contributed by atoms with Crippen molar-refractivity contribution in [2.45, 2.75) is 39.0 Å². The number of hydrogen-bond donors (Lipinski definition) is 2. The van der Waals surface area contributed by atoms with Crippen molar-refractivity contribution in [3.63, 3.8) is 0 Å². The molecule has 20 heavy (non-hydrogen) atoms. The molecule has 0 radical (unpaired) electrons. The predicted octanol–water partition coefficient (Wildman–Crippen LogP) is 3.98. The Hall–Kier alpha value is -1.23. The van der Waals surface area contributed by atoms with Crippen LogP contribution in [0.3, 0.4) is 0 Å². The van der Waals surface area contributed by atoms with Gasteiger partial charge in [-0.3, -0.25) is 0 Å². The van der Waals surface area contributed by atoms with E-state index >= 15 is 0 Å². The molecular weight excluding hydrogens is 278 g/mol. The van der Waals surface area contributed by atoms with E-state index in [4.69, 9.17) is 5.73 Å². The van der Waals surface area contributed by atoms with Gasteiger partial charge in [-0.2, -0.15) is 0 Å². The van der Waals surface area contributed by atoms with Crippen LogP contribution in [0.4, 0.5) is 14.5 Å². The van der Waals surface area contributed by atoms with Crippen molar-refractivity contribution in [1.29, 1.82) is 0 Å².